The Bertz CT molecular complexity index is 727. The van der Waals surface area contributed by atoms with Crippen LogP contribution in [-0.2, 0) is 16.0 Å². The molecule has 0 radical (unpaired) electrons. The van der Waals surface area contributed by atoms with Crippen LogP contribution < -0.4 is 10.9 Å². The predicted molar refractivity (Wildman–Crippen MR) is 90.6 cm³/mol. The first-order valence-electron chi connectivity index (χ1n) is 7.59. The largest absolute Gasteiger partial charge is 0.355 e. The van der Waals surface area contributed by atoms with Gasteiger partial charge >= 0.3 is 0 Å². The lowest BCUT2D eigenvalue weighted by Gasteiger charge is -2.17. The van der Waals surface area contributed by atoms with Crippen LogP contribution in [0, 0.1) is 0 Å². The summed E-state index contributed by atoms with van der Waals surface area (Å²) in [6.45, 7) is 5.18. The molecular weight excluding hydrogens is 316 g/mol. The van der Waals surface area contributed by atoms with E-state index < -0.39 is 5.79 Å². The molecule has 1 fully saturated rings. The second-order valence-electron chi connectivity index (χ2n) is 6.07. The molecule has 0 spiro atoms. The molecule has 1 saturated heterocycles. The van der Waals surface area contributed by atoms with Gasteiger partial charge in [0, 0.05) is 30.6 Å². The number of hydrogen-bond acceptors (Lipinski definition) is 6. The molecule has 8 heteroatoms. The number of H-pyrrole nitrogens is 2. The van der Waals surface area contributed by atoms with Gasteiger partial charge < -0.3 is 24.8 Å². The third kappa shape index (κ3) is 3.60. The second kappa shape index (κ2) is 6.64. The number of nitrogens with one attached hydrogen (secondary N) is 3. The van der Waals surface area contributed by atoms with E-state index in [9.17, 15) is 4.79 Å². The second-order valence-corrected chi connectivity index (χ2v) is 6.98. The lowest BCUT2D eigenvalue weighted by molar-refractivity contribution is -0.144. The summed E-state index contributed by atoms with van der Waals surface area (Å²) >= 11 is 1.75. The van der Waals surface area contributed by atoms with E-state index in [1.54, 1.807) is 11.8 Å². The fraction of sp³-hybridized carbons (Fsp3) is 0.600. The van der Waals surface area contributed by atoms with Crippen molar-refractivity contribution < 1.29 is 9.47 Å². The van der Waals surface area contributed by atoms with Gasteiger partial charge in [-0.3, -0.25) is 4.79 Å². The lowest BCUT2D eigenvalue weighted by Crippen LogP contribution is -2.35. The highest BCUT2D eigenvalue weighted by Gasteiger charge is 2.40. The molecule has 3 rings (SSSR count). The summed E-state index contributed by atoms with van der Waals surface area (Å²) in [5.74, 6) is 0.363. The zero-order valence-corrected chi connectivity index (χ0v) is 14.3. The van der Waals surface area contributed by atoms with E-state index in [-0.39, 0.29) is 17.8 Å². The average molecular weight is 338 g/mol. The molecule has 7 nitrogen and oxygen atoms in total. The molecule has 126 valence electrons. The van der Waals surface area contributed by atoms with Crippen LogP contribution in [0.5, 0.6) is 0 Å². The van der Waals surface area contributed by atoms with Crippen LogP contribution in [0.25, 0.3) is 11.0 Å². The molecule has 2 aromatic rings. The summed E-state index contributed by atoms with van der Waals surface area (Å²) in [7, 11) is 0. The first kappa shape index (κ1) is 16.5. The van der Waals surface area contributed by atoms with E-state index in [2.05, 4.69) is 26.5 Å². The smallest absolute Gasteiger partial charge is 0.275 e. The molecule has 0 aromatic carbocycles. The highest BCUT2D eigenvalue weighted by Crippen LogP contribution is 2.29. The van der Waals surface area contributed by atoms with Crippen LogP contribution in [0.2, 0.25) is 0 Å². The maximum Gasteiger partial charge on any atom is 0.275 e. The summed E-state index contributed by atoms with van der Waals surface area (Å²) in [6, 6.07) is 0. The number of aromatic nitrogens is 3. The first-order valence-corrected chi connectivity index (χ1v) is 8.98. The Balaban J connectivity index is 1.62. The Morgan fingerprint density at radius 3 is 2.91 bits per heavy atom. The van der Waals surface area contributed by atoms with Crippen molar-refractivity contribution in [3.8, 4) is 0 Å². The normalized spacial score (nSPS) is 23.6. The summed E-state index contributed by atoms with van der Waals surface area (Å²) < 4.78 is 11.9. The molecule has 3 heterocycles. The van der Waals surface area contributed by atoms with Gasteiger partial charge in [0.2, 0.25) is 0 Å². The van der Waals surface area contributed by atoms with Crippen molar-refractivity contribution in [3.05, 3.63) is 28.4 Å². The van der Waals surface area contributed by atoms with Crippen LogP contribution >= 0.6 is 11.8 Å². The van der Waals surface area contributed by atoms with Gasteiger partial charge in [-0.05, 0) is 20.1 Å². The molecular formula is C15H22N4O3S. The highest BCUT2D eigenvalue weighted by atomic mass is 32.2. The van der Waals surface area contributed by atoms with E-state index >= 15 is 0 Å². The molecule has 1 aliphatic heterocycles. The van der Waals surface area contributed by atoms with E-state index in [1.165, 1.54) is 6.33 Å². The minimum atomic E-state index is -0.539. The molecule has 0 saturated carbocycles. The van der Waals surface area contributed by atoms with E-state index in [1.807, 2.05) is 20.0 Å². The molecule has 0 bridgehead atoms. The van der Waals surface area contributed by atoms with Crippen LogP contribution in [-0.4, -0.2) is 51.5 Å². The Morgan fingerprint density at radius 2 is 2.13 bits per heavy atom. The van der Waals surface area contributed by atoms with Crippen LogP contribution in [0.15, 0.2) is 17.3 Å². The maximum atomic E-state index is 11.7. The van der Waals surface area contributed by atoms with E-state index in [0.717, 1.165) is 11.3 Å². The SMILES string of the molecule is CSC[C@@H]1OC(C)(C)O[C@H]1CNCc1c[nH]c2c(=O)[nH]cnc12. The maximum absolute atomic E-state index is 11.7. The van der Waals surface area contributed by atoms with Crippen molar-refractivity contribution in [1.29, 1.82) is 0 Å². The van der Waals surface area contributed by atoms with Crippen LogP contribution in [0.4, 0.5) is 0 Å². The summed E-state index contributed by atoms with van der Waals surface area (Å²) in [6.07, 6.45) is 5.40. The minimum Gasteiger partial charge on any atom is -0.355 e. The zero-order valence-electron chi connectivity index (χ0n) is 13.5. The van der Waals surface area contributed by atoms with Crippen molar-refractivity contribution >= 4 is 22.8 Å². The number of hydrogen-bond donors (Lipinski definition) is 3. The van der Waals surface area contributed by atoms with Gasteiger partial charge in [0.1, 0.15) is 11.6 Å². The Labute approximate surface area is 138 Å². The summed E-state index contributed by atoms with van der Waals surface area (Å²) in [5, 5.41) is 3.38. The molecule has 0 amide bonds. The van der Waals surface area contributed by atoms with Crippen molar-refractivity contribution in [1.82, 2.24) is 20.3 Å². The predicted octanol–water partition coefficient (Wildman–Crippen LogP) is 1.22. The first-order chi connectivity index (χ1) is 11.0. The number of rotatable bonds is 6. The van der Waals surface area contributed by atoms with Gasteiger partial charge in [0.15, 0.2) is 5.79 Å². The number of nitrogens with zero attached hydrogens (tertiary/aromatic N) is 1. The summed E-state index contributed by atoms with van der Waals surface area (Å²) in [4.78, 5) is 21.4. The fourth-order valence-electron chi connectivity index (χ4n) is 2.88. The molecule has 0 aliphatic carbocycles. The van der Waals surface area contributed by atoms with Crippen LogP contribution in [0.1, 0.15) is 19.4 Å². The van der Waals surface area contributed by atoms with E-state index in [4.69, 9.17) is 9.47 Å². The highest BCUT2D eigenvalue weighted by molar-refractivity contribution is 7.98. The van der Waals surface area contributed by atoms with Crippen molar-refractivity contribution in [2.45, 2.75) is 38.4 Å². The van der Waals surface area contributed by atoms with Gasteiger partial charge in [-0.25, -0.2) is 4.98 Å². The van der Waals surface area contributed by atoms with Gasteiger partial charge in [0.05, 0.1) is 17.9 Å². The number of fused-ring (bicyclic) bond motifs is 1. The molecule has 1 aliphatic rings. The van der Waals surface area contributed by atoms with Crippen molar-refractivity contribution in [2.24, 2.45) is 0 Å². The minimum absolute atomic E-state index is 0.0130. The number of aromatic amines is 2. The van der Waals surface area contributed by atoms with Gasteiger partial charge in [-0.2, -0.15) is 11.8 Å². The summed E-state index contributed by atoms with van der Waals surface area (Å²) in [5.41, 5.74) is 2.01. The standard InChI is InChI=1S/C15H22N4O3S/c1-15(2)21-10(11(22-15)7-23-3)6-16-4-9-5-17-13-12(9)18-8-19-14(13)20/h5,8,10-11,16-17H,4,6-7H2,1-3H3,(H,18,19,20)/t10-,11-/m0/s1. The molecule has 2 aromatic heterocycles. The molecule has 0 unspecified atom stereocenters. The third-order valence-electron chi connectivity index (χ3n) is 3.83. The quantitative estimate of drug-likeness (QED) is 0.734. The van der Waals surface area contributed by atoms with E-state index in [0.29, 0.717) is 24.1 Å². The average Bonchev–Trinajstić information content (AvgIpc) is 3.02. The third-order valence-corrected chi connectivity index (χ3v) is 4.49. The Kier molecular flexibility index (Phi) is 4.77. The van der Waals surface area contributed by atoms with Crippen molar-refractivity contribution in [2.75, 3.05) is 18.6 Å². The fourth-order valence-corrected chi connectivity index (χ4v) is 3.49. The zero-order chi connectivity index (χ0) is 16.4. The molecule has 2 atom stereocenters. The van der Waals surface area contributed by atoms with Gasteiger partial charge in [-0.15, -0.1) is 0 Å². The molecule has 23 heavy (non-hydrogen) atoms. The van der Waals surface area contributed by atoms with Gasteiger partial charge in [-0.1, -0.05) is 0 Å². The monoisotopic (exact) mass is 338 g/mol. The lowest BCUT2D eigenvalue weighted by atomic mass is 10.2. The van der Waals surface area contributed by atoms with Crippen molar-refractivity contribution in [3.63, 3.8) is 0 Å². The van der Waals surface area contributed by atoms with Crippen LogP contribution in [0.3, 0.4) is 0 Å². The molecule has 3 N–H and O–H groups in total. The topological polar surface area (TPSA) is 92.0 Å². The number of thioether (sulfide) groups is 1. The number of ether oxygens (including phenoxy) is 2. The van der Waals surface area contributed by atoms with Gasteiger partial charge in [0.25, 0.3) is 5.56 Å². The Morgan fingerprint density at radius 1 is 1.35 bits per heavy atom. The Hall–Kier alpha value is -1.35.